The average Bonchev–Trinajstić information content (AvgIpc) is 2.70. The number of phenolic OH excluding ortho intramolecular Hbond substituents is 1. The van der Waals surface area contributed by atoms with Gasteiger partial charge in [0.05, 0.1) is 26.9 Å². The molecule has 0 unspecified atom stereocenters. The molecule has 27 heavy (non-hydrogen) atoms. The van der Waals surface area contributed by atoms with E-state index in [-0.39, 0.29) is 11.5 Å². The topological polar surface area (TPSA) is 65.0 Å². The van der Waals surface area contributed by atoms with Crippen LogP contribution in [0.2, 0.25) is 0 Å². The molecule has 2 aromatic carbocycles. The van der Waals surface area contributed by atoms with Crippen LogP contribution >= 0.6 is 0 Å². The van der Waals surface area contributed by atoms with Crippen molar-refractivity contribution in [1.29, 1.82) is 0 Å². The van der Waals surface area contributed by atoms with Gasteiger partial charge in [-0.2, -0.15) is 0 Å². The van der Waals surface area contributed by atoms with Crippen molar-refractivity contribution in [2.75, 3.05) is 21.3 Å². The summed E-state index contributed by atoms with van der Waals surface area (Å²) in [6.07, 6.45) is 7.27. The molecule has 0 fully saturated rings. The second-order valence-electron chi connectivity index (χ2n) is 6.50. The minimum absolute atomic E-state index is 0.0372. The molecule has 0 heterocycles. The zero-order chi connectivity index (χ0) is 19.4. The van der Waals surface area contributed by atoms with Gasteiger partial charge in [0.15, 0.2) is 17.3 Å². The number of aromatic hydroxyl groups is 1. The van der Waals surface area contributed by atoms with Gasteiger partial charge in [-0.1, -0.05) is 6.08 Å². The van der Waals surface area contributed by atoms with Crippen molar-refractivity contribution in [3.05, 3.63) is 52.6 Å². The smallest absolute Gasteiger partial charge is 0.203 e. The third-order valence-corrected chi connectivity index (χ3v) is 4.84. The monoisotopic (exact) mass is 368 g/mol. The van der Waals surface area contributed by atoms with Gasteiger partial charge in [0.2, 0.25) is 5.75 Å². The summed E-state index contributed by atoms with van der Waals surface area (Å²) in [6, 6.07) is 7.08. The Bertz CT molecular complexity index is 858. The van der Waals surface area contributed by atoms with Gasteiger partial charge in [-0.15, -0.1) is 0 Å². The Morgan fingerprint density at radius 1 is 0.926 bits per heavy atom. The van der Waals surface area contributed by atoms with Crippen molar-refractivity contribution in [2.24, 2.45) is 0 Å². The molecule has 0 aliphatic heterocycles. The van der Waals surface area contributed by atoms with Crippen LogP contribution in [0.4, 0.5) is 0 Å². The van der Waals surface area contributed by atoms with Gasteiger partial charge in [-0.05, 0) is 72.7 Å². The molecule has 1 N–H and O–H groups in total. The fraction of sp³-hybridized carbons (Fsp3) is 0.318. The fourth-order valence-electron chi connectivity index (χ4n) is 3.43. The largest absolute Gasteiger partial charge is 0.507 e. The summed E-state index contributed by atoms with van der Waals surface area (Å²) in [5, 5.41) is 10.3. The van der Waals surface area contributed by atoms with Crippen LogP contribution in [0.15, 0.2) is 30.3 Å². The van der Waals surface area contributed by atoms with E-state index in [1.807, 2.05) is 6.07 Å². The summed E-state index contributed by atoms with van der Waals surface area (Å²) >= 11 is 0. The Morgan fingerprint density at radius 3 is 2.07 bits per heavy atom. The zero-order valence-corrected chi connectivity index (χ0v) is 15.9. The molecule has 0 spiro atoms. The van der Waals surface area contributed by atoms with Crippen LogP contribution in [-0.2, 0) is 12.8 Å². The number of ether oxygens (including phenoxy) is 3. The second kappa shape index (κ2) is 8.16. The summed E-state index contributed by atoms with van der Waals surface area (Å²) in [5.74, 6) is 1.32. The summed E-state index contributed by atoms with van der Waals surface area (Å²) in [6.45, 7) is 0. The number of allylic oxidation sites excluding steroid dienone is 1. The van der Waals surface area contributed by atoms with Crippen molar-refractivity contribution in [1.82, 2.24) is 0 Å². The Hall–Kier alpha value is -2.95. The quantitative estimate of drug-likeness (QED) is 0.612. The number of hydrogen-bond donors (Lipinski definition) is 1. The standard InChI is InChI=1S/C22H24O5/c1-25-20-10-14(11-21(26-2)22(20)27-3)8-9-18(23)17-12-15-6-4-5-7-16(15)13-19(17)24/h8-13,24H,4-7H2,1-3H3/b9-8+. The number of aryl methyl sites for hydroxylation is 2. The highest BCUT2D eigenvalue weighted by Crippen LogP contribution is 2.38. The number of carbonyl (C=O) groups excluding carboxylic acids is 1. The van der Waals surface area contributed by atoms with Crippen molar-refractivity contribution >= 4 is 11.9 Å². The maximum Gasteiger partial charge on any atom is 0.203 e. The lowest BCUT2D eigenvalue weighted by Gasteiger charge is -2.17. The number of hydrogen-bond acceptors (Lipinski definition) is 5. The van der Waals surface area contributed by atoms with Crippen molar-refractivity contribution < 1.29 is 24.1 Å². The first-order valence-corrected chi connectivity index (χ1v) is 8.94. The Morgan fingerprint density at radius 2 is 1.52 bits per heavy atom. The minimum atomic E-state index is -0.241. The number of carbonyl (C=O) groups is 1. The molecule has 5 nitrogen and oxygen atoms in total. The molecule has 0 radical (unpaired) electrons. The Kier molecular flexibility index (Phi) is 5.69. The van der Waals surface area contributed by atoms with E-state index in [1.165, 1.54) is 13.2 Å². The van der Waals surface area contributed by atoms with Crippen LogP contribution in [0.3, 0.4) is 0 Å². The number of fused-ring (bicyclic) bond motifs is 1. The maximum atomic E-state index is 12.6. The lowest BCUT2D eigenvalue weighted by atomic mass is 9.89. The van der Waals surface area contributed by atoms with E-state index < -0.39 is 0 Å². The molecule has 0 amide bonds. The molecule has 142 valence electrons. The van der Waals surface area contributed by atoms with Crippen molar-refractivity contribution in [2.45, 2.75) is 25.7 Å². The molecular formula is C22H24O5. The molecule has 0 saturated carbocycles. The van der Waals surface area contributed by atoms with Crippen LogP contribution in [0.1, 0.15) is 39.9 Å². The SMILES string of the molecule is COc1cc(/C=C/C(=O)c2cc3c(cc2O)CCCC3)cc(OC)c1OC. The van der Waals surface area contributed by atoms with Gasteiger partial charge in [0.1, 0.15) is 5.75 Å². The molecule has 2 aromatic rings. The molecule has 0 bridgehead atoms. The first-order valence-electron chi connectivity index (χ1n) is 8.94. The van der Waals surface area contributed by atoms with Gasteiger partial charge in [0.25, 0.3) is 0 Å². The highest BCUT2D eigenvalue weighted by atomic mass is 16.5. The van der Waals surface area contributed by atoms with Gasteiger partial charge < -0.3 is 19.3 Å². The van der Waals surface area contributed by atoms with E-state index >= 15 is 0 Å². The lowest BCUT2D eigenvalue weighted by Crippen LogP contribution is -2.05. The van der Waals surface area contributed by atoms with Crippen LogP contribution in [-0.4, -0.2) is 32.2 Å². The molecule has 3 rings (SSSR count). The van der Waals surface area contributed by atoms with E-state index in [0.29, 0.717) is 22.8 Å². The van der Waals surface area contributed by atoms with E-state index in [1.54, 1.807) is 38.5 Å². The van der Waals surface area contributed by atoms with E-state index in [2.05, 4.69) is 0 Å². The van der Waals surface area contributed by atoms with Crippen LogP contribution in [0, 0.1) is 0 Å². The number of methoxy groups -OCH3 is 3. The van der Waals surface area contributed by atoms with Gasteiger partial charge in [-0.3, -0.25) is 4.79 Å². The fourth-order valence-corrected chi connectivity index (χ4v) is 3.43. The highest BCUT2D eigenvalue weighted by Gasteiger charge is 2.17. The number of phenols is 1. The van der Waals surface area contributed by atoms with Crippen LogP contribution < -0.4 is 14.2 Å². The first-order chi connectivity index (χ1) is 13.1. The number of ketones is 1. The molecule has 5 heteroatoms. The predicted octanol–water partition coefficient (Wildman–Crippen LogP) is 4.19. The van der Waals surface area contributed by atoms with Crippen molar-refractivity contribution in [3.8, 4) is 23.0 Å². The number of rotatable bonds is 6. The predicted molar refractivity (Wildman–Crippen MR) is 104 cm³/mol. The Balaban J connectivity index is 1.89. The first kappa shape index (κ1) is 18.8. The van der Waals surface area contributed by atoms with E-state index in [0.717, 1.165) is 42.4 Å². The molecule has 0 saturated heterocycles. The zero-order valence-electron chi connectivity index (χ0n) is 15.9. The van der Waals surface area contributed by atoms with Gasteiger partial charge in [0, 0.05) is 0 Å². The minimum Gasteiger partial charge on any atom is -0.507 e. The lowest BCUT2D eigenvalue weighted by molar-refractivity contribution is 0.104. The normalized spacial score (nSPS) is 13.3. The van der Waals surface area contributed by atoms with Crippen LogP contribution in [0.5, 0.6) is 23.0 Å². The average molecular weight is 368 g/mol. The molecule has 0 aromatic heterocycles. The molecule has 0 atom stereocenters. The highest BCUT2D eigenvalue weighted by molar-refractivity contribution is 6.08. The Labute approximate surface area is 159 Å². The summed E-state index contributed by atoms with van der Waals surface area (Å²) in [4.78, 5) is 12.6. The van der Waals surface area contributed by atoms with Gasteiger partial charge in [-0.25, -0.2) is 0 Å². The number of benzene rings is 2. The summed E-state index contributed by atoms with van der Waals surface area (Å²) < 4.78 is 16.0. The summed E-state index contributed by atoms with van der Waals surface area (Å²) in [7, 11) is 4.63. The van der Waals surface area contributed by atoms with Crippen molar-refractivity contribution in [3.63, 3.8) is 0 Å². The molecule has 1 aliphatic rings. The van der Waals surface area contributed by atoms with Gasteiger partial charge >= 0.3 is 0 Å². The third kappa shape index (κ3) is 3.92. The third-order valence-electron chi connectivity index (χ3n) is 4.84. The second-order valence-corrected chi connectivity index (χ2v) is 6.50. The summed E-state index contributed by atoms with van der Waals surface area (Å²) in [5.41, 5.74) is 3.36. The van der Waals surface area contributed by atoms with E-state index in [4.69, 9.17) is 14.2 Å². The molecular weight excluding hydrogens is 344 g/mol. The van der Waals surface area contributed by atoms with Crippen LogP contribution in [0.25, 0.3) is 6.08 Å². The maximum absolute atomic E-state index is 12.6. The molecule has 1 aliphatic carbocycles. The van der Waals surface area contributed by atoms with E-state index in [9.17, 15) is 9.90 Å².